The van der Waals surface area contributed by atoms with Gasteiger partial charge < -0.3 is 4.42 Å². The van der Waals surface area contributed by atoms with Crippen molar-refractivity contribution in [2.75, 3.05) is 0 Å². The molecule has 3 heterocycles. The zero-order chi connectivity index (χ0) is 34.8. The van der Waals surface area contributed by atoms with Gasteiger partial charge in [-0.1, -0.05) is 127 Å². The largest absolute Gasteiger partial charge is 0.456 e. The summed E-state index contributed by atoms with van der Waals surface area (Å²) >= 11 is 0. The van der Waals surface area contributed by atoms with Crippen LogP contribution in [0.1, 0.15) is 0 Å². The predicted octanol–water partition coefficient (Wildman–Crippen LogP) is 10.9. The quantitative estimate of drug-likeness (QED) is 0.179. The van der Waals surface area contributed by atoms with E-state index in [1.54, 1.807) is 18.2 Å². The van der Waals surface area contributed by atoms with Gasteiger partial charge in [0.05, 0.1) is 9.79 Å². The van der Waals surface area contributed by atoms with Crippen molar-refractivity contribution < 1.29 is 12.8 Å². The highest BCUT2D eigenvalue weighted by Crippen LogP contribution is 2.49. The van der Waals surface area contributed by atoms with Crippen molar-refractivity contribution in [1.29, 1.82) is 0 Å². The molecule has 0 bridgehead atoms. The molecule has 7 heteroatoms. The third-order valence-corrected chi connectivity index (χ3v) is 11.6. The van der Waals surface area contributed by atoms with Gasteiger partial charge in [0.1, 0.15) is 11.2 Å². The van der Waals surface area contributed by atoms with Gasteiger partial charge >= 0.3 is 0 Å². The number of benzene rings is 7. The summed E-state index contributed by atoms with van der Waals surface area (Å²) in [6, 6.07) is 53.0. The van der Waals surface area contributed by atoms with Gasteiger partial charge in [0.2, 0.25) is 9.84 Å². The molecule has 0 aliphatic carbocycles. The number of fused-ring (bicyclic) bond motifs is 6. The molecule has 0 fully saturated rings. The van der Waals surface area contributed by atoms with E-state index in [4.69, 9.17) is 19.4 Å². The molecule has 0 unspecified atom stereocenters. The Labute approximate surface area is 299 Å². The fourth-order valence-electron chi connectivity index (χ4n) is 7.17. The van der Waals surface area contributed by atoms with Crippen molar-refractivity contribution in [3.8, 4) is 67.5 Å². The molecule has 7 aromatic carbocycles. The van der Waals surface area contributed by atoms with E-state index in [0.717, 1.165) is 55.3 Å². The van der Waals surface area contributed by atoms with Gasteiger partial charge in [0, 0.05) is 38.6 Å². The Balaban J connectivity index is 1.14. The molecule has 1 aliphatic heterocycles. The van der Waals surface area contributed by atoms with Crippen LogP contribution in [0.4, 0.5) is 0 Å². The van der Waals surface area contributed by atoms with Gasteiger partial charge in [0.15, 0.2) is 17.5 Å². The third-order valence-electron chi connectivity index (χ3n) is 9.72. The molecule has 0 saturated carbocycles. The molecular formula is C45H27N3O3S. The maximum Gasteiger partial charge on any atom is 0.207 e. The standard InChI is InChI=1S/C45H27N3O3S/c49-52(50)40-25-23-33(32-22-24-39-36(26-32)34-14-7-8-16-38(34)51-39)27-37(40)42-35(15-9-17-41(42)52)45-47-43(30-12-5-2-6-13-30)46-44(48-45)31-20-18-29(19-21-31)28-10-3-1-4-11-28/h1-27H. The van der Waals surface area contributed by atoms with Crippen molar-refractivity contribution in [1.82, 2.24) is 15.0 Å². The highest BCUT2D eigenvalue weighted by atomic mass is 32.2. The topological polar surface area (TPSA) is 86.0 Å². The first kappa shape index (κ1) is 30.2. The summed E-state index contributed by atoms with van der Waals surface area (Å²) in [4.78, 5) is 15.4. The zero-order valence-corrected chi connectivity index (χ0v) is 28.4. The van der Waals surface area contributed by atoms with Crippen LogP contribution >= 0.6 is 0 Å². The minimum atomic E-state index is -3.79. The average molecular weight is 690 g/mol. The second-order valence-electron chi connectivity index (χ2n) is 12.8. The SMILES string of the molecule is O=S1(=O)c2ccc(-c3ccc4oc5ccccc5c4c3)cc2-c2c(-c3nc(-c4ccccc4)nc(-c4ccc(-c5ccccc5)cc4)n3)cccc21. The van der Waals surface area contributed by atoms with E-state index in [9.17, 15) is 8.42 Å². The van der Waals surface area contributed by atoms with E-state index in [1.165, 1.54) is 0 Å². The van der Waals surface area contributed by atoms with Gasteiger partial charge in [-0.05, 0) is 58.7 Å². The van der Waals surface area contributed by atoms with Gasteiger partial charge in [0.25, 0.3) is 0 Å². The van der Waals surface area contributed by atoms with Gasteiger partial charge in [-0.25, -0.2) is 23.4 Å². The van der Waals surface area contributed by atoms with Crippen LogP contribution in [0.25, 0.3) is 89.5 Å². The Hall–Kier alpha value is -6.70. The van der Waals surface area contributed by atoms with E-state index >= 15 is 0 Å². The normalized spacial score (nSPS) is 12.9. The van der Waals surface area contributed by atoms with Crippen LogP contribution in [0.2, 0.25) is 0 Å². The second-order valence-corrected chi connectivity index (χ2v) is 14.7. The molecule has 2 aromatic heterocycles. The van der Waals surface area contributed by atoms with E-state index in [1.807, 2.05) is 115 Å². The summed E-state index contributed by atoms with van der Waals surface area (Å²) in [5.74, 6) is 1.39. The van der Waals surface area contributed by atoms with Crippen molar-refractivity contribution in [3.63, 3.8) is 0 Å². The van der Waals surface area contributed by atoms with Gasteiger partial charge in [-0.2, -0.15) is 0 Å². The van der Waals surface area contributed by atoms with Crippen molar-refractivity contribution in [2.45, 2.75) is 9.79 Å². The molecule has 10 rings (SSSR count). The molecule has 0 N–H and O–H groups in total. The number of aromatic nitrogens is 3. The van der Waals surface area contributed by atoms with E-state index in [-0.39, 0.29) is 9.79 Å². The molecule has 0 radical (unpaired) electrons. The summed E-state index contributed by atoms with van der Waals surface area (Å²) in [5.41, 5.74) is 9.16. The Morgan fingerprint density at radius 3 is 1.71 bits per heavy atom. The van der Waals surface area contributed by atoms with Gasteiger partial charge in [-0.3, -0.25) is 0 Å². The predicted molar refractivity (Wildman–Crippen MR) is 205 cm³/mol. The van der Waals surface area contributed by atoms with E-state index in [0.29, 0.717) is 34.2 Å². The second kappa shape index (κ2) is 11.7. The average Bonchev–Trinajstić information content (AvgIpc) is 3.69. The highest BCUT2D eigenvalue weighted by molar-refractivity contribution is 7.92. The monoisotopic (exact) mass is 689 g/mol. The fraction of sp³-hybridized carbons (Fsp3) is 0. The molecule has 6 nitrogen and oxygen atoms in total. The molecule has 0 amide bonds. The number of nitrogens with zero attached hydrogens (tertiary/aromatic N) is 3. The number of sulfone groups is 1. The minimum Gasteiger partial charge on any atom is -0.456 e. The van der Waals surface area contributed by atoms with Crippen LogP contribution in [-0.2, 0) is 9.84 Å². The van der Waals surface area contributed by atoms with Crippen molar-refractivity contribution in [2.24, 2.45) is 0 Å². The maximum atomic E-state index is 14.1. The first-order chi connectivity index (χ1) is 25.5. The minimum absolute atomic E-state index is 0.240. The lowest BCUT2D eigenvalue weighted by Crippen LogP contribution is -2.01. The zero-order valence-electron chi connectivity index (χ0n) is 27.6. The summed E-state index contributed by atoms with van der Waals surface area (Å²) in [6.07, 6.45) is 0. The Bertz CT molecular complexity index is 2960. The van der Waals surface area contributed by atoms with Crippen LogP contribution < -0.4 is 0 Å². The first-order valence-electron chi connectivity index (χ1n) is 16.9. The molecule has 9 aromatic rings. The number of hydrogen-bond donors (Lipinski definition) is 0. The van der Waals surface area contributed by atoms with Crippen LogP contribution in [0.5, 0.6) is 0 Å². The maximum absolute atomic E-state index is 14.1. The smallest absolute Gasteiger partial charge is 0.207 e. The van der Waals surface area contributed by atoms with Crippen LogP contribution in [0.15, 0.2) is 178 Å². The summed E-state index contributed by atoms with van der Waals surface area (Å²) in [6.45, 7) is 0. The lowest BCUT2D eigenvalue weighted by Gasteiger charge is -2.12. The van der Waals surface area contributed by atoms with Crippen LogP contribution in [0, 0.1) is 0 Å². The lowest BCUT2D eigenvalue weighted by atomic mass is 9.95. The molecule has 0 atom stereocenters. The molecule has 246 valence electrons. The molecular weight excluding hydrogens is 663 g/mol. The van der Waals surface area contributed by atoms with E-state index in [2.05, 4.69) is 30.3 Å². The van der Waals surface area contributed by atoms with Crippen LogP contribution in [-0.4, -0.2) is 23.4 Å². The number of hydrogen-bond acceptors (Lipinski definition) is 6. The van der Waals surface area contributed by atoms with E-state index < -0.39 is 9.84 Å². The molecule has 52 heavy (non-hydrogen) atoms. The Kier molecular flexibility index (Phi) is 6.78. The Morgan fingerprint density at radius 1 is 0.385 bits per heavy atom. The third kappa shape index (κ3) is 4.86. The molecule has 0 saturated heterocycles. The summed E-state index contributed by atoms with van der Waals surface area (Å²) in [7, 11) is -3.79. The first-order valence-corrected chi connectivity index (χ1v) is 18.4. The van der Waals surface area contributed by atoms with Gasteiger partial charge in [-0.15, -0.1) is 0 Å². The number of rotatable bonds is 5. The van der Waals surface area contributed by atoms with Crippen molar-refractivity contribution in [3.05, 3.63) is 164 Å². The number of para-hydroxylation sites is 1. The van der Waals surface area contributed by atoms with Crippen molar-refractivity contribution >= 4 is 31.8 Å². The molecule has 0 spiro atoms. The highest BCUT2D eigenvalue weighted by Gasteiger charge is 2.36. The summed E-state index contributed by atoms with van der Waals surface area (Å²) in [5, 5.41) is 2.04. The lowest BCUT2D eigenvalue weighted by molar-refractivity contribution is 0.598. The fourth-order valence-corrected chi connectivity index (χ4v) is 8.85. The Morgan fingerprint density at radius 2 is 0.942 bits per heavy atom. The summed E-state index contributed by atoms with van der Waals surface area (Å²) < 4.78 is 34.2. The van der Waals surface area contributed by atoms with Crippen LogP contribution in [0.3, 0.4) is 0 Å². The molecule has 1 aliphatic rings. The number of furan rings is 1.